The summed E-state index contributed by atoms with van der Waals surface area (Å²) >= 11 is -3.79. The SMILES string of the molecule is CN1C=CN2c3ccc4c5[c]3[Po]3([N]=CC=CNc6ccc7c([c]63)B5N(c3ccccc3-7)c3ccccc3-4)[CH]12. The van der Waals surface area contributed by atoms with Gasteiger partial charge in [0.25, 0.3) is 0 Å². The number of para-hydroxylation sites is 2. The van der Waals surface area contributed by atoms with E-state index in [-0.39, 0.29) is 10.7 Å². The van der Waals surface area contributed by atoms with Gasteiger partial charge >= 0.3 is 227 Å². The quantitative estimate of drug-likeness (QED) is 0.289. The summed E-state index contributed by atoms with van der Waals surface area (Å²) in [6, 6.07) is 27.4. The molecular weight excluding hydrogens is 662 g/mol. The number of fused-ring (bicyclic) bond motifs is 8. The number of hydrogen-bond donors (Lipinski definition) is 1. The zero-order chi connectivity index (χ0) is 24.7. The molecule has 10 rings (SSSR count). The van der Waals surface area contributed by atoms with Crippen LogP contribution in [0.15, 0.2) is 100 Å². The van der Waals surface area contributed by atoms with Gasteiger partial charge in [-0.3, -0.25) is 0 Å². The first-order valence-electron chi connectivity index (χ1n) is 13.1. The van der Waals surface area contributed by atoms with Crippen LogP contribution in [0, 0.1) is 0 Å². The van der Waals surface area contributed by atoms with E-state index in [1.165, 1.54) is 59.2 Å². The Labute approximate surface area is 226 Å². The van der Waals surface area contributed by atoms with E-state index in [1.54, 1.807) is 3.22 Å². The molecule has 0 radical (unpaired) electrons. The maximum absolute atomic E-state index is 5.74. The molecule has 0 fully saturated rings. The van der Waals surface area contributed by atoms with Crippen molar-refractivity contribution < 1.29 is 0 Å². The Hall–Kier alpha value is -3.81. The van der Waals surface area contributed by atoms with Gasteiger partial charge in [0, 0.05) is 0 Å². The molecule has 0 amide bonds. The van der Waals surface area contributed by atoms with E-state index in [1.807, 2.05) is 6.20 Å². The van der Waals surface area contributed by atoms with E-state index in [0.717, 1.165) is 0 Å². The van der Waals surface area contributed by atoms with Crippen LogP contribution in [-0.2, 0) is 0 Å². The Morgan fingerprint density at radius 3 is 2.26 bits per heavy atom. The van der Waals surface area contributed by atoms with Gasteiger partial charge in [0.15, 0.2) is 0 Å². The van der Waals surface area contributed by atoms with Crippen LogP contribution < -0.4 is 32.4 Å². The fourth-order valence-electron chi connectivity index (χ4n) is 7.72. The number of benzene rings is 4. The molecule has 5 nitrogen and oxygen atoms in total. The standard InChI is InChI=1S/C31H22BN5.Po/c1-35-17-18-36(21-35)23-12-14-25-27-8-3-5-10-31(27)37-30-9-4-2-7-26(30)24-13-11-22(34-16-6-15-33)19-28(24)32(37)29(25)20-23;/h2-18,21,34H,1H3;/q-1;+1. The van der Waals surface area contributed by atoms with Gasteiger partial charge in [0.05, 0.1) is 0 Å². The third kappa shape index (κ3) is 2.03. The number of anilines is 4. The molecule has 0 saturated heterocycles. The van der Waals surface area contributed by atoms with Gasteiger partial charge in [-0.15, -0.1) is 0 Å². The monoisotopic (exact) mass is 684 g/mol. The Balaban J connectivity index is 1.48. The van der Waals surface area contributed by atoms with Gasteiger partial charge < -0.3 is 0 Å². The Morgan fingerprint density at radius 2 is 1.47 bits per heavy atom. The number of nitrogens with one attached hydrogen (secondary N) is 1. The molecule has 0 saturated carbocycles. The molecule has 38 heavy (non-hydrogen) atoms. The van der Waals surface area contributed by atoms with Gasteiger partial charge in [-0.2, -0.15) is 0 Å². The van der Waals surface area contributed by atoms with E-state index >= 15 is 0 Å². The van der Waals surface area contributed by atoms with Crippen molar-refractivity contribution in [2.45, 2.75) is 3.82 Å². The van der Waals surface area contributed by atoms with Gasteiger partial charge in [-0.1, -0.05) is 0 Å². The molecule has 7 heteroatoms. The average molecular weight is 684 g/mol. The maximum atomic E-state index is 5.74. The topological polar surface area (TPSA) is 34.1 Å². The van der Waals surface area contributed by atoms with Crippen molar-refractivity contribution in [3.05, 3.63) is 97.5 Å². The molecule has 0 aromatic heterocycles. The third-order valence-electron chi connectivity index (χ3n) is 8.99. The molecule has 6 aliphatic rings. The van der Waals surface area contributed by atoms with Crippen molar-refractivity contribution in [2.24, 2.45) is 2.89 Å². The van der Waals surface area contributed by atoms with Crippen LogP contribution in [0.25, 0.3) is 22.3 Å². The molecule has 0 bridgehead atoms. The van der Waals surface area contributed by atoms with E-state index < -0.39 is 20.9 Å². The van der Waals surface area contributed by atoms with Crippen LogP contribution in [0.5, 0.6) is 0 Å². The van der Waals surface area contributed by atoms with Crippen LogP contribution >= 0.6 is 0 Å². The zero-order valence-electron chi connectivity index (χ0n) is 20.7. The first-order chi connectivity index (χ1) is 18.8. The van der Waals surface area contributed by atoms with E-state index in [2.05, 4.69) is 124 Å². The van der Waals surface area contributed by atoms with Gasteiger partial charge in [0.2, 0.25) is 0 Å². The predicted molar refractivity (Wildman–Crippen MR) is 160 cm³/mol. The molecule has 2 atom stereocenters. The summed E-state index contributed by atoms with van der Waals surface area (Å²) in [6.07, 6.45) is 10.7. The van der Waals surface area contributed by atoms with Crippen LogP contribution in [0.2, 0.25) is 0 Å². The fourth-order valence-corrected chi connectivity index (χ4v) is 24.6. The van der Waals surface area contributed by atoms with Crippen LogP contribution in [0.4, 0.5) is 22.7 Å². The molecule has 6 heterocycles. The molecule has 6 aliphatic heterocycles. The number of hydrogen-bond acceptors (Lipinski definition) is 5. The zero-order valence-corrected chi connectivity index (χ0v) is 23.8. The van der Waals surface area contributed by atoms with Crippen molar-refractivity contribution in [2.75, 3.05) is 22.1 Å². The Kier molecular flexibility index (Phi) is 3.51. The van der Waals surface area contributed by atoms with Crippen molar-refractivity contribution >= 4 is 74.0 Å². The van der Waals surface area contributed by atoms with Gasteiger partial charge in [0.1, 0.15) is 0 Å². The van der Waals surface area contributed by atoms with Crippen molar-refractivity contribution in [3.63, 3.8) is 0 Å². The van der Waals surface area contributed by atoms with Gasteiger partial charge in [-0.25, -0.2) is 0 Å². The molecule has 0 aliphatic carbocycles. The van der Waals surface area contributed by atoms with E-state index in [0.29, 0.717) is 0 Å². The second-order valence-electron chi connectivity index (χ2n) is 10.7. The number of allylic oxidation sites excluding steroid dienone is 1. The molecule has 2 unspecified atom stereocenters. The summed E-state index contributed by atoms with van der Waals surface area (Å²) in [7, 11) is 2.24. The molecule has 1 spiro atoms. The number of nitrogens with zero attached hydrogens (tertiary/aromatic N) is 4. The van der Waals surface area contributed by atoms with Crippen LogP contribution in [0.3, 0.4) is 0 Å². The van der Waals surface area contributed by atoms with Crippen molar-refractivity contribution in [1.29, 1.82) is 0 Å². The minimum atomic E-state index is -3.79. The van der Waals surface area contributed by atoms with Crippen LogP contribution in [0.1, 0.15) is 0 Å². The summed E-state index contributed by atoms with van der Waals surface area (Å²) in [4.78, 5) is 7.60. The molecule has 180 valence electrons. The molecule has 1 N–H and O–H groups in total. The Morgan fingerprint density at radius 1 is 0.763 bits per heavy atom. The summed E-state index contributed by atoms with van der Waals surface area (Å²) in [5, 5.41) is 3.70. The first kappa shape index (κ1) is 20.2. The second kappa shape index (κ2) is 6.60. The van der Waals surface area contributed by atoms with E-state index in [9.17, 15) is 0 Å². The summed E-state index contributed by atoms with van der Waals surface area (Å²) in [5.74, 6) is 0. The Bertz CT molecular complexity index is 1880. The second-order valence-corrected chi connectivity index (χ2v) is 21.2. The minimum absolute atomic E-state index is 0.133. The fraction of sp³-hybridized carbons (Fsp3) is 0.0645. The average Bonchev–Trinajstić information content (AvgIpc) is 3.47. The molecular formula is C31H22BN5Po. The summed E-state index contributed by atoms with van der Waals surface area (Å²) in [5.41, 5.74) is 13.5. The summed E-state index contributed by atoms with van der Waals surface area (Å²) < 4.78 is 9.04. The first-order valence-corrected chi connectivity index (χ1v) is 19.5. The molecule has 4 aromatic carbocycles. The van der Waals surface area contributed by atoms with Gasteiger partial charge in [-0.05, 0) is 0 Å². The molecule has 4 aromatic rings. The third-order valence-corrected chi connectivity index (χ3v) is 23.5. The van der Waals surface area contributed by atoms with Crippen LogP contribution in [-0.4, -0.2) is 49.7 Å². The normalized spacial score (nSPS) is 24.6. The summed E-state index contributed by atoms with van der Waals surface area (Å²) in [6.45, 7) is 0.133. The number of rotatable bonds is 0. The predicted octanol–water partition coefficient (Wildman–Crippen LogP) is 3.08. The van der Waals surface area contributed by atoms with Crippen molar-refractivity contribution in [3.8, 4) is 22.3 Å². The van der Waals surface area contributed by atoms with Crippen molar-refractivity contribution in [1.82, 2.24) is 4.90 Å². The van der Waals surface area contributed by atoms with E-state index in [4.69, 9.17) is 2.89 Å².